The fourth-order valence-electron chi connectivity index (χ4n) is 4.35. The number of pyridine rings is 1. The number of carbonyl (C=O) groups is 1. The van der Waals surface area contributed by atoms with Crippen molar-refractivity contribution in [2.75, 3.05) is 32.7 Å². The lowest BCUT2D eigenvalue weighted by Crippen LogP contribution is -2.48. The van der Waals surface area contributed by atoms with Crippen LogP contribution in [0.4, 0.5) is 4.39 Å². The zero-order chi connectivity index (χ0) is 17.4. The molecule has 6 nitrogen and oxygen atoms in total. The Morgan fingerprint density at radius 2 is 1.96 bits per heavy atom. The average Bonchev–Trinajstić information content (AvgIpc) is 2.62. The first kappa shape index (κ1) is 22.1. The van der Waals surface area contributed by atoms with Gasteiger partial charge in [-0.05, 0) is 56.9 Å². The Morgan fingerprint density at radius 1 is 1.22 bits per heavy atom. The Morgan fingerprint density at radius 3 is 2.70 bits per heavy atom. The molecule has 1 aromatic rings. The molecule has 1 amide bonds. The van der Waals surface area contributed by atoms with Crippen molar-refractivity contribution in [3.8, 4) is 0 Å². The maximum absolute atomic E-state index is 14.6. The lowest BCUT2D eigenvalue weighted by molar-refractivity contribution is 0.0834. The summed E-state index contributed by atoms with van der Waals surface area (Å²) in [5, 5.41) is 9.15. The maximum atomic E-state index is 14.6. The molecule has 3 aliphatic heterocycles. The minimum absolute atomic E-state index is 0. The number of nitrogens with one attached hydrogen (secondary N) is 3. The molecule has 4 rings (SSSR count). The smallest absolute Gasteiger partial charge is 0.263 e. The lowest BCUT2D eigenvalue weighted by atomic mass is 9.84. The zero-order valence-corrected chi connectivity index (χ0v) is 16.8. The number of alkyl halides is 1. The van der Waals surface area contributed by atoms with Gasteiger partial charge in [0.05, 0.1) is 6.54 Å². The van der Waals surface area contributed by atoms with Crippen LogP contribution in [0.5, 0.6) is 0 Å². The molecule has 152 valence electrons. The van der Waals surface area contributed by atoms with Gasteiger partial charge in [-0.1, -0.05) is 0 Å². The van der Waals surface area contributed by atoms with Crippen LogP contribution in [0.3, 0.4) is 0 Å². The van der Waals surface area contributed by atoms with E-state index in [0.717, 1.165) is 25.2 Å². The maximum Gasteiger partial charge on any atom is 0.263 e. The molecule has 9 heteroatoms. The molecule has 0 unspecified atom stereocenters. The number of hydrogen-bond donors (Lipinski definition) is 3. The molecule has 2 fully saturated rings. The van der Waals surface area contributed by atoms with Gasteiger partial charge < -0.3 is 20.5 Å². The van der Waals surface area contributed by atoms with Gasteiger partial charge in [-0.2, -0.15) is 0 Å². The summed E-state index contributed by atoms with van der Waals surface area (Å²) in [5.41, 5.74) is -0.502. The lowest BCUT2D eigenvalue weighted by Gasteiger charge is -2.37. The van der Waals surface area contributed by atoms with Crippen molar-refractivity contribution in [2.45, 2.75) is 37.4 Å². The second-order valence-electron chi connectivity index (χ2n) is 7.63. The van der Waals surface area contributed by atoms with Crippen LogP contribution in [0.1, 0.15) is 41.2 Å². The van der Waals surface area contributed by atoms with Gasteiger partial charge in [0.15, 0.2) is 0 Å². The quantitative estimate of drug-likeness (QED) is 0.686. The number of piperidine rings is 2. The Labute approximate surface area is 170 Å². The summed E-state index contributed by atoms with van der Waals surface area (Å²) in [4.78, 5) is 25.3. The Hall–Kier alpha value is -1.15. The minimum atomic E-state index is -1.38. The Bertz CT molecular complexity index is 737. The molecule has 3 N–H and O–H groups in total. The molecule has 0 aromatic carbocycles. The molecule has 27 heavy (non-hydrogen) atoms. The van der Waals surface area contributed by atoms with E-state index in [1.807, 2.05) is 6.07 Å². The normalized spacial score (nSPS) is 25.4. The first-order valence-corrected chi connectivity index (χ1v) is 9.18. The van der Waals surface area contributed by atoms with E-state index in [1.165, 1.54) is 0 Å². The molecule has 0 spiro atoms. The van der Waals surface area contributed by atoms with Gasteiger partial charge in [0, 0.05) is 24.7 Å². The molecule has 0 aliphatic carbocycles. The van der Waals surface area contributed by atoms with Crippen molar-refractivity contribution in [3.63, 3.8) is 0 Å². The van der Waals surface area contributed by atoms with Crippen molar-refractivity contribution < 1.29 is 9.18 Å². The van der Waals surface area contributed by atoms with E-state index in [-0.39, 0.29) is 42.5 Å². The standard InChI is InChI=1S/C18H25FN4O2.2ClH/c19-18(3-5-20-6-4-18)11-22-16(24)14-1-2-15-13-7-12(8-21-9-13)10-23(15)17(14)25;;/h1-2,12-13,20-21H,3-11H2,(H,22,24);2*1H/t12-,13+;;/m0../s1. The second kappa shape index (κ2) is 8.90. The summed E-state index contributed by atoms with van der Waals surface area (Å²) < 4.78 is 16.4. The monoisotopic (exact) mass is 420 g/mol. The van der Waals surface area contributed by atoms with Crippen LogP contribution < -0.4 is 21.5 Å². The molecule has 1 aromatic heterocycles. The number of hydrogen-bond acceptors (Lipinski definition) is 4. The minimum Gasteiger partial charge on any atom is -0.349 e. The number of fused-ring (bicyclic) bond motifs is 4. The molecule has 0 saturated carbocycles. The summed E-state index contributed by atoms with van der Waals surface area (Å²) in [6, 6.07) is 3.49. The molecule has 2 saturated heterocycles. The third kappa shape index (κ3) is 4.47. The van der Waals surface area contributed by atoms with E-state index in [4.69, 9.17) is 0 Å². The number of carbonyl (C=O) groups excluding carboxylic acids is 1. The highest BCUT2D eigenvalue weighted by Crippen LogP contribution is 2.31. The molecule has 0 radical (unpaired) electrons. The van der Waals surface area contributed by atoms with E-state index in [0.29, 0.717) is 44.3 Å². The fourth-order valence-corrected chi connectivity index (χ4v) is 4.35. The van der Waals surface area contributed by atoms with Crippen molar-refractivity contribution in [3.05, 3.63) is 33.7 Å². The first-order chi connectivity index (χ1) is 12.1. The molecule has 2 atom stereocenters. The largest absolute Gasteiger partial charge is 0.349 e. The molecular formula is C18H27Cl2FN4O2. The summed E-state index contributed by atoms with van der Waals surface area (Å²) in [6.07, 6.45) is 1.86. The van der Waals surface area contributed by atoms with Gasteiger partial charge in [-0.3, -0.25) is 9.59 Å². The average molecular weight is 421 g/mol. The number of halogens is 3. The SMILES string of the molecule is Cl.Cl.O=C(NCC1(F)CCNCC1)c1ccc2n(c1=O)C[C@@H]1CNC[C@H]2C1. The molecule has 3 aliphatic rings. The van der Waals surface area contributed by atoms with E-state index in [9.17, 15) is 14.0 Å². The topological polar surface area (TPSA) is 75.2 Å². The number of amides is 1. The number of nitrogens with zero attached hydrogens (tertiary/aromatic N) is 1. The first-order valence-electron chi connectivity index (χ1n) is 9.18. The molecule has 2 bridgehead atoms. The summed E-state index contributed by atoms with van der Waals surface area (Å²) in [6.45, 7) is 3.63. The van der Waals surface area contributed by atoms with Gasteiger partial charge in [0.2, 0.25) is 0 Å². The van der Waals surface area contributed by atoms with E-state index < -0.39 is 11.6 Å². The van der Waals surface area contributed by atoms with Gasteiger partial charge in [0.1, 0.15) is 11.2 Å². The molecule has 4 heterocycles. The summed E-state index contributed by atoms with van der Waals surface area (Å²) in [5.74, 6) is 0.303. The zero-order valence-electron chi connectivity index (χ0n) is 15.1. The van der Waals surface area contributed by atoms with Crippen LogP contribution in [0.25, 0.3) is 0 Å². The summed E-state index contributed by atoms with van der Waals surface area (Å²) >= 11 is 0. The third-order valence-electron chi connectivity index (χ3n) is 5.82. The van der Waals surface area contributed by atoms with Crippen molar-refractivity contribution in [1.29, 1.82) is 0 Å². The highest BCUT2D eigenvalue weighted by Gasteiger charge is 2.34. The summed E-state index contributed by atoms with van der Waals surface area (Å²) in [7, 11) is 0. The van der Waals surface area contributed by atoms with Crippen LogP contribution in [0.15, 0.2) is 16.9 Å². The van der Waals surface area contributed by atoms with Crippen LogP contribution in [-0.2, 0) is 6.54 Å². The van der Waals surface area contributed by atoms with Gasteiger partial charge >= 0.3 is 0 Å². The highest BCUT2D eigenvalue weighted by molar-refractivity contribution is 5.93. The van der Waals surface area contributed by atoms with Crippen molar-refractivity contribution in [1.82, 2.24) is 20.5 Å². The van der Waals surface area contributed by atoms with Crippen LogP contribution in [-0.4, -0.2) is 48.9 Å². The number of aromatic nitrogens is 1. The van der Waals surface area contributed by atoms with Crippen LogP contribution >= 0.6 is 24.8 Å². The fraction of sp³-hybridized carbons (Fsp3) is 0.667. The van der Waals surface area contributed by atoms with E-state index in [1.54, 1.807) is 10.6 Å². The van der Waals surface area contributed by atoms with Crippen LogP contribution in [0.2, 0.25) is 0 Å². The van der Waals surface area contributed by atoms with E-state index in [2.05, 4.69) is 16.0 Å². The van der Waals surface area contributed by atoms with Gasteiger partial charge in [0.25, 0.3) is 11.5 Å². The van der Waals surface area contributed by atoms with E-state index >= 15 is 0 Å². The van der Waals surface area contributed by atoms with Crippen molar-refractivity contribution in [2.24, 2.45) is 5.92 Å². The highest BCUT2D eigenvalue weighted by atomic mass is 35.5. The predicted molar refractivity (Wildman–Crippen MR) is 107 cm³/mol. The van der Waals surface area contributed by atoms with Gasteiger partial charge in [-0.25, -0.2) is 4.39 Å². The second-order valence-corrected chi connectivity index (χ2v) is 7.63. The number of rotatable bonds is 3. The molecular weight excluding hydrogens is 394 g/mol. The third-order valence-corrected chi connectivity index (χ3v) is 5.82. The Kier molecular flexibility index (Phi) is 7.30. The predicted octanol–water partition coefficient (Wildman–Crippen LogP) is 1.22. The van der Waals surface area contributed by atoms with Crippen molar-refractivity contribution >= 4 is 30.7 Å². The van der Waals surface area contributed by atoms with Gasteiger partial charge in [-0.15, -0.1) is 24.8 Å². The Balaban J connectivity index is 0.00000131. The van der Waals surface area contributed by atoms with Crippen LogP contribution in [0, 0.1) is 5.92 Å².